The molecule has 0 atom stereocenters. The Morgan fingerprint density at radius 3 is 1.70 bits per heavy atom. The van der Waals surface area contributed by atoms with E-state index in [4.69, 9.17) is 23.4 Å². The van der Waals surface area contributed by atoms with E-state index in [1.165, 1.54) is 96.9 Å². The van der Waals surface area contributed by atoms with E-state index in [1.54, 1.807) is 5.30 Å². The van der Waals surface area contributed by atoms with Gasteiger partial charge in [0.05, 0.1) is 17.2 Å². The van der Waals surface area contributed by atoms with Crippen molar-refractivity contribution in [1.82, 2.24) is 0 Å². The molecule has 0 saturated heterocycles. The van der Waals surface area contributed by atoms with E-state index >= 15 is 0 Å². The van der Waals surface area contributed by atoms with Gasteiger partial charge in [0.15, 0.2) is 0 Å². The van der Waals surface area contributed by atoms with Crippen molar-refractivity contribution in [3.8, 4) is 28.0 Å². The second-order valence-electron chi connectivity index (χ2n) is 14.1. The Morgan fingerprint density at radius 1 is 0.667 bits per heavy atom. The summed E-state index contributed by atoms with van der Waals surface area (Å²) in [5.41, 5.74) is 13.2. The molecule has 0 radical (unpaired) electrons. The van der Waals surface area contributed by atoms with Gasteiger partial charge in [0.2, 0.25) is 0 Å². The van der Waals surface area contributed by atoms with Gasteiger partial charge < -0.3 is 15.0 Å². The molecule has 0 unspecified atom stereocenters. The van der Waals surface area contributed by atoms with Gasteiger partial charge in [-0.15, -0.1) is 35.9 Å². The van der Waals surface area contributed by atoms with Crippen molar-refractivity contribution in [1.29, 1.82) is 0 Å². The molecule has 284 valence electrons. The molecule has 2 aliphatic carbocycles. The Morgan fingerprint density at radius 2 is 1.17 bits per heavy atom. The Hall–Kier alpha value is -3.56. The van der Waals surface area contributed by atoms with Crippen LogP contribution in [0.3, 0.4) is 0 Å². The summed E-state index contributed by atoms with van der Waals surface area (Å²) in [6.07, 6.45) is 14.8. The molecule has 0 aromatic heterocycles. The normalized spacial score (nSPS) is 15.0. The van der Waals surface area contributed by atoms with E-state index in [9.17, 15) is 0 Å². The van der Waals surface area contributed by atoms with Crippen LogP contribution in [0.1, 0.15) is 64.2 Å². The zero-order valence-corrected chi connectivity index (χ0v) is 34.4. The van der Waals surface area contributed by atoms with Gasteiger partial charge in [-0.25, -0.2) is 8.42 Å². The zero-order valence-electron chi connectivity index (χ0n) is 31.2. The van der Waals surface area contributed by atoms with Crippen molar-refractivity contribution in [2.75, 3.05) is 19.1 Å². The number of ether oxygens (including phenoxy) is 1. The number of hydrogen-bond acceptors (Lipinski definition) is 5. The number of hydrogen-bond donors (Lipinski definition) is 1. The number of para-hydroxylation sites is 1. The molecule has 54 heavy (non-hydrogen) atoms. The van der Waals surface area contributed by atoms with E-state index in [-0.39, 0.29) is 28.3 Å². The summed E-state index contributed by atoms with van der Waals surface area (Å²) in [5, 5.41) is 6.97. The van der Waals surface area contributed by atoms with Crippen molar-refractivity contribution < 1.29 is 38.1 Å². The average molecular weight is 850 g/mol. The molecule has 0 amide bonds. The van der Waals surface area contributed by atoms with Crippen LogP contribution in [0.4, 0.5) is 5.69 Å². The summed E-state index contributed by atoms with van der Waals surface area (Å²) < 4.78 is 33.3. The predicted octanol–water partition coefficient (Wildman–Crippen LogP) is 11.3. The first-order valence-corrected chi connectivity index (χ1v) is 22.1. The fourth-order valence-corrected chi connectivity index (χ4v) is 12.1. The average Bonchev–Trinajstić information content (AvgIpc) is 3.18. The summed E-state index contributed by atoms with van der Waals surface area (Å²) in [6.45, 7) is 0. The Bertz CT molecular complexity index is 2190. The quantitative estimate of drug-likeness (QED) is 0.0592. The van der Waals surface area contributed by atoms with Crippen LogP contribution in [0.15, 0.2) is 121 Å². The molecule has 6 aromatic rings. The van der Waals surface area contributed by atoms with Crippen molar-refractivity contribution in [2.24, 2.45) is 0 Å². The number of rotatable bonds is 6. The van der Waals surface area contributed by atoms with Crippen molar-refractivity contribution in [3.05, 3.63) is 127 Å². The monoisotopic (exact) mass is 849 g/mol. The second kappa shape index (κ2) is 19.9. The summed E-state index contributed by atoms with van der Waals surface area (Å²) >= 11 is 0. The molecule has 0 heterocycles. The van der Waals surface area contributed by atoms with Gasteiger partial charge >= 0.3 is 20.4 Å². The molecular formula is C46H50NO4PPdS. The van der Waals surface area contributed by atoms with Crippen molar-refractivity contribution >= 4 is 50.6 Å². The molecule has 2 fully saturated rings. The number of nitrogens with two attached hydrogens (primary N) is 1. The van der Waals surface area contributed by atoms with Crippen LogP contribution in [0.25, 0.3) is 43.8 Å². The second-order valence-corrected chi connectivity index (χ2v) is 18.3. The minimum atomic E-state index is -3.92. The summed E-state index contributed by atoms with van der Waals surface area (Å²) in [4.78, 5) is 0. The molecule has 0 aliphatic heterocycles. The third-order valence-electron chi connectivity index (χ3n) is 10.4. The number of nitrogen functional groups attached to an aromatic ring is 1. The summed E-state index contributed by atoms with van der Waals surface area (Å²) in [7, 11) is -2.32. The van der Waals surface area contributed by atoms with Gasteiger partial charge in [0.25, 0.3) is 0 Å². The van der Waals surface area contributed by atoms with E-state index < -0.39 is 10.1 Å². The third kappa shape index (κ3) is 10.6. The number of benzene rings is 6. The van der Waals surface area contributed by atoms with E-state index in [0.717, 1.165) is 33.9 Å². The first-order valence-electron chi connectivity index (χ1n) is 18.8. The smallest absolute Gasteiger partial charge is 0.748 e. The van der Waals surface area contributed by atoms with E-state index in [0.29, 0.717) is 6.26 Å². The molecule has 6 aromatic carbocycles. The molecule has 2 aliphatic rings. The van der Waals surface area contributed by atoms with Gasteiger partial charge in [-0.3, -0.25) is 0 Å². The molecule has 8 rings (SSSR count). The van der Waals surface area contributed by atoms with Crippen LogP contribution in [0, 0.1) is 6.07 Å². The van der Waals surface area contributed by atoms with Crippen LogP contribution in [0.5, 0.6) is 5.75 Å². The number of fused-ring (bicyclic) bond motifs is 2. The SMILES string of the molecule is COc1ccc2ccccc2c1-c1c(P(C2CCCCC2)C2CCCCC2)ccc2ccccc12.CS(=O)(=O)[O-].Nc1ccccc1-c1[c-]cccc1.[Pd+2]. The largest absolute Gasteiger partial charge is 2.00 e. The topological polar surface area (TPSA) is 92.5 Å². The van der Waals surface area contributed by atoms with Crippen molar-refractivity contribution in [2.45, 2.75) is 75.5 Å². The Kier molecular flexibility index (Phi) is 15.3. The van der Waals surface area contributed by atoms with Gasteiger partial charge in [-0.1, -0.05) is 137 Å². The maximum atomic E-state index is 9.08. The predicted molar refractivity (Wildman–Crippen MR) is 224 cm³/mol. The Labute approximate surface area is 336 Å². The van der Waals surface area contributed by atoms with Crippen LogP contribution >= 0.6 is 7.92 Å². The fourth-order valence-electron chi connectivity index (χ4n) is 8.13. The Balaban J connectivity index is 0.000000244. The molecule has 0 spiro atoms. The molecule has 2 N–H and O–H groups in total. The van der Waals surface area contributed by atoms with Crippen LogP contribution in [-0.4, -0.2) is 37.7 Å². The molecule has 2 saturated carbocycles. The minimum Gasteiger partial charge on any atom is -0.748 e. The fraction of sp³-hybridized carbons (Fsp3) is 0.304. The van der Waals surface area contributed by atoms with E-state index in [2.05, 4.69) is 78.9 Å². The minimum absolute atomic E-state index is 0. The summed E-state index contributed by atoms with van der Waals surface area (Å²) in [6, 6.07) is 46.0. The summed E-state index contributed by atoms with van der Waals surface area (Å²) in [5.74, 6) is 1.00. The number of methoxy groups -OCH3 is 1. The van der Waals surface area contributed by atoms with Crippen LogP contribution in [-0.2, 0) is 30.5 Å². The maximum absolute atomic E-state index is 9.08. The van der Waals surface area contributed by atoms with E-state index in [1.807, 2.05) is 55.6 Å². The molecule has 8 heteroatoms. The van der Waals surface area contributed by atoms with Crippen molar-refractivity contribution in [3.63, 3.8) is 0 Å². The molecule has 5 nitrogen and oxygen atoms in total. The first-order chi connectivity index (χ1) is 25.7. The standard InChI is InChI=1S/C33H37OP.C12H10N.CH4O3S.Pd/c1-34-30-22-20-24-12-8-10-18-28(24)32(30)33-29-19-11-9-13-25(29)21-23-31(33)35(26-14-4-2-5-15-26)27-16-6-3-7-17-27;13-12-9-5-4-8-11(12)10-6-2-1-3-7-10;1-5(2,3)4;/h8-13,18-23,26-27H,2-7,14-17H2,1H3;1-6,8-9H,13H2;1H3,(H,2,3,4);/q;-1;;+2/p-1. The van der Waals surface area contributed by atoms with Gasteiger partial charge in [-0.05, 0) is 81.7 Å². The zero-order chi connectivity index (χ0) is 37.2. The maximum Gasteiger partial charge on any atom is 2.00 e. The molecule has 0 bridgehead atoms. The first kappa shape index (κ1) is 41.6. The molecular weight excluding hydrogens is 800 g/mol. The van der Waals surface area contributed by atoms with Crippen LogP contribution < -0.4 is 15.8 Å². The van der Waals surface area contributed by atoms with Crippen LogP contribution in [0.2, 0.25) is 0 Å². The number of anilines is 1. The van der Waals surface area contributed by atoms with Gasteiger partial charge in [0, 0.05) is 17.4 Å². The van der Waals surface area contributed by atoms with Gasteiger partial charge in [0.1, 0.15) is 5.75 Å². The van der Waals surface area contributed by atoms with Gasteiger partial charge in [-0.2, -0.15) is 0 Å². The third-order valence-corrected chi connectivity index (χ3v) is 14.0.